The Balaban J connectivity index is 2.08. The van der Waals surface area contributed by atoms with Crippen LogP contribution in [-0.4, -0.2) is 41.4 Å². The molecule has 1 fully saturated rings. The first-order chi connectivity index (χ1) is 9.95. The van der Waals surface area contributed by atoms with Crippen molar-refractivity contribution in [2.45, 2.75) is 39.3 Å². The monoisotopic (exact) mass is 357 g/mol. The Bertz CT molecular complexity index is 522. The van der Waals surface area contributed by atoms with Gasteiger partial charge in [0, 0.05) is 31.6 Å². The van der Waals surface area contributed by atoms with Crippen LogP contribution in [0.2, 0.25) is 0 Å². The standard InChI is InChI=1S/C15H24BrN3O2/c1-15(2,10-16)11-19-14(20)8-12(9-17-19)18-6-4-13(21-3)5-7-18/h8-9,13H,4-7,10-11H2,1-3H3. The molecule has 0 radical (unpaired) electrons. The molecule has 0 saturated carbocycles. The average Bonchev–Trinajstić information content (AvgIpc) is 2.49. The third kappa shape index (κ3) is 4.30. The van der Waals surface area contributed by atoms with Gasteiger partial charge in [-0.25, -0.2) is 4.68 Å². The highest BCUT2D eigenvalue weighted by Gasteiger charge is 2.21. The van der Waals surface area contributed by atoms with Gasteiger partial charge >= 0.3 is 0 Å². The van der Waals surface area contributed by atoms with Crippen LogP contribution in [-0.2, 0) is 11.3 Å². The van der Waals surface area contributed by atoms with Gasteiger partial charge in [-0.05, 0) is 18.3 Å². The van der Waals surface area contributed by atoms with E-state index in [2.05, 4.69) is 39.8 Å². The van der Waals surface area contributed by atoms with Crippen molar-refractivity contribution in [2.75, 3.05) is 30.4 Å². The highest BCUT2D eigenvalue weighted by molar-refractivity contribution is 9.09. The summed E-state index contributed by atoms with van der Waals surface area (Å²) in [6.45, 7) is 6.66. The fraction of sp³-hybridized carbons (Fsp3) is 0.733. The van der Waals surface area contributed by atoms with Gasteiger partial charge in [0.1, 0.15) is 0 Å². The molecule has 2 heterocycles. The smallest absolute Gasteiger partial charge is 0.268 e. The van der Waals surface area contributed by atoms with E-state index in [1.165, 1.54) is 0 Å². The largest absolute Gasteiger partial charge is 0.381 e. The van der Waals surface area contributed by atoms with Crippen molar-refractivity contribution in [3.05, 3.63) is 22.6 Å². The number of aromatic nitrogens is 2. The summed E-state index contributed by atoms with van der Waals surface area (Å²) in [6.07, 6.45) is 4.14. The van der Waals surface area contributed by atoms with Gasteiger partial charge in [-0.2, -0.15) is 5.10 Å². The maximum Gasteiger partial charge on any atom is 0.268 e. The van der Waals surface area contributed by atoms with Crippen LogP contribution < -0.4 is 10.5 Å². The number of rotatable bonds is 5. The zero-order valence-corrected chi connectivity index (χ0v) is 14.6. The maximum absolute atomic E-state index is 12.2. The van der Waals surface area contributed by atoms with Crippen molar-refractivity contribution in [1.82, 2.24) is 9.78 Å². The van der Waals surface area contributed by atoms with Crippen LogP contribution in [0.4, 0.5) is 5.69 Å². The first-order valence-electron chi connectivity index (χ1n) is 7.36. The molecule has 0 aliphatic carbocycles. The number of ether oxygens (including phenoxy) is 1. The molecule has 1 aliphatic rings. The second-order valence-electron chi connectivity index (χ2n) is 6.43. The van der Waals surface area contributed by atoms with Crippen LogP contribution in [0, 0.1) is 5.41 Å². The number of nitrogens with zero attached hydrogens (tertiary/aromatic N) is 3. The van der Waals surface area contributed by atoms with Gasteiger partial charge in [-0.1, -0.05) is 29.8 Å². The lowest BCUT2D eigenvalue weighted by Crippen LogP contribution is -2.38. The lowest BCUT2D eigenvalue weighted by atomic mass is 9.97. The number of anilines is 1. The van der Waals surface area contributed by atoms with Gasteiger partial charge < -0.3 is 9.64 Å². The molecule has 6 heteroatoms. The van der Waals surface area contributed by atoms with Crippen LogP contribution in [0.15, 0.2) is 17.1 Å². The number of alkyl halides is 1. The second-order valence-corrected chi connectivity index (χ2v) is 6.99. The molecule has 0 aromatic carbocycles. The van der Waals surface area contributed by atoms with E-state index >= 15 is 0 Å². The molecule has 0 amide bonds. The van der Waals surface area contributed by atoms with Crippen LogP contribution in [0.5, 0.6) is 0 Å². The summed E-state index contributed by atoms with van der Waals surface area (Å²) in [7, 11) is 1.76. The fourth-order valence-electron chi connectivity index (χ4n) is 2.51. The van der Waals surface area contributed by atoms with Crippen LogP contribution in [0.3, 0.4) is 0 Å². The molecule has 1 aromatic heterocycles. The van der Waals surface area contributed by atoms with Gasteiger partial charge in [0.2, 0.25) is 0 Å². The summed E-state index contributed by atoms with van der Waals surface area (Å²) < 4.78 is 6.92. The molecule has 5 nitrogen and oxygen atoms in total. The number of hydrogen-bond acceptors (Lipinski definition) is 4. The first kappa shape index (κ1) is 16.5. The summed E-state index contributed by atoms with van der Waals surface area (Å²) in [5, 5.41) is 5.17. The highest BCUT2D eigenvalue weighted by atomic mass is 79.9. The minimum absolute atomic E-state index is 0.00908. The first-order valence-corrected chi connectivity index (χ1v) is 8.48. The van der Waals surface area contributed by atoms with Gasteiger partial charge in [0.25, 0.3) is 5.56 Å². The van der Waals surface area contributed by atoms with Gasteiger partial charge in [0.05, 0.1) is 24.5 Å². The normalized spacial score (nSPS) is 17.2. The zero-order chi connectivity index (χ0) is 15.5. The Morgan fingerprint density at radius 3 is 2.62 bits per heavy atom. The minimum Gasteiger partial charge on any atom is -0.381 e. The minimum atomic E-state index is -0.0320. The van der Waals surface area contributed by atoms with Crippen LogP contribution in [0.1, 0.15) is 26.7 Å². The van der Waals surface area contributed by atoms with Crippen molar-refractivity contribution in [3.8, 4) is 0 Å². The summed E-state index contributed by atoms with van der Waals surface area (Å²) >= 11 is 3.48. The molecule has 1 aromatic rings. The van der Waals surface area contributed by atoms with Gasteiger partial charge in [0.15, 0.2) is 0 Å². The van der Waals surface area contributed by atoms with Gasteiger partial charge in [-0.3, -0.25) is 4.79 Å². The molecule has 0 N–H and O–H groups in total. The SMILES string of the molecule is COC1CCN(c2cnn(CC(C)(C)CBr)c(=O)c2)CC1. The topological polar surface area (TPSA) is 47.4 Å². The molecule has 1 saturated heterocycles. The lowest BCUT2D eigenvalue weighted by molar-refractivity contribution is 0.0819. The molecule has 0 spiro atoms. The Morgan fingerprint density at radius 1 is 1.43 bits per heavy atom. The molecule has 0 unspecified atom stereocenters. The molecule has 0 bridgehead atoms. The van der Waals surface area contributed by atoms with Crippen molar-refractivity contribution >= 4 is 21.6 Å². The Morgan fingerprint density at radius 2 is 2.10 bits per heavy atom. The van der Waals surface area contributed by atoms with Crippen LogP contribution >= 0.6 is 15.9 Å². The van der Waals surface area contributed by atoms with E-state index in [1.807, 2.05) is 0 Å². The third-order valence-electron chi connectivity index (χ3n) is 3.94. The van der Waals surface area contributed by atoms with E-state index in [0.717, 1.165) is 36.9 Å². The quantitative estimate of drug-likeness (QED) is 0.758. The average molecular weight is 358 g/mol. The van der Waals surface area contributed by atoms with Crippen molar-refractivity contribution in [3.63, 3.8) is 0 Å². The fourth-order valence-corrected chi connectivity index (χ4v) is 2.69. The van der Waals surface area contributed by atoms with E-state index in [1.54, 1.807) is 24.1 Å². The number of hydrogen-bond donors (Lipinski definition) is 0. The molecule has 118 valence electrons. The Kier molecular flexibility index (Phi) is 5.43. The molecular formula is C15H24BrN3O2. The molecule has 21 heavy (non-hydrogen) atoms. The number of halogens is 1. The van der Waals surface area contributed by atoms with E-state index in [-0.39, 0.29) is 11.0 Å². The van der Waals surface area contributed by atoms with E-state index in [0.29, 0.717) is 12.6 Å². The molecular weight excluding hydrogens is 334 g/mol. The number of methoxy groups -OCH3 is 1. The van der Waals surface area contributed by atoms with Crippen molar-refractivity contribution < 1.29 is 4.74 Å². The summed E-state index contributed by atoms with van der Waals surface area (Å²) in [5.41, 5.74) is 0.896. The zero-order valence-electron chi connectivity index (χ0n) is 13.0. The lowest BCUT2D eigenvalue weighted by Gasteiger charge is -2.32. The molecule has 2 rings (SSSR count). The highest BCUT2D eigenvalue weighted by Crippen LogP contribution is 2.21. The maximum atomic E-state index is 12.2. The van der Waals surface area contributed by atoms with Crippen LogP contribution in [0.25, 0.3) is 0 Å². The Hall–Kier alpha value is -0.880. The summed E-state index contributed by atoms with van der Waals surface area (Å²) in [5.74, 6) is 0. The summed E-state index contributed by atoms with van der Waals surface area (Å²) in [6, 6.07) is 1.70. The van der Waals surface area contributed by atoms with Crippen molar-refractivity contribution in [2.24, 2.45) is 5.41 Å². The van der Waals surface area contributed by atoms with E-state index in [9.17, 15) is 4.79 Å². The molecule has 0 atom stereocenters. The Labute approximate surface area is 134 Å². The second kappa shape index (κ2) is 6.92. The summed E-state index contributed by atoms with van der Waals surface area (Å²) in [4.78, 5) is 14.4. The van der Waals surface area contributed by atoms with E-state index < -0.39 is 0 Å². The van der Waals surface area contributed by atoms with Crippen molar-refractivity contribution in [1.29, 1.82) is 0 Å². The number of piperidine rings is 1. The third-order valence-corrected chi connectivity index (χ3v) is 5.45. The predicted octanol–water partition coefficient (Wildman–Crippen LogP) is 2.28. The van der Waals surface area contributed by atoms with E-state index in [4.69, 9.17) is 4.74 Å². The van der Waals surface area contributed by atoms with Gasteiger partial charge in [-0.15, -0.1) is 0 Å². The molecule has 1 aliphatic heterocycles. The predicted molar refractivity (Wildman–Crippen MR) is 88.3 cm³/mol.